The summed E-state index contributed by atoms with van der Waals surface area (Å²) in [5.74, 6) is -0.958. The molecule has 0 radical (unpaired) electrons. The number of carbonyl (C=O) groups excluding carboxylic acids is 1. The average Bonchev–Trinajstić information content (AvgIpc) is 2.52. The number of nitrogens with zero attached hydrogens (tertiary/aromatic N) is 2. The molecule has 1 saturated heterocycles. The van der Waals surface area contributed by atoms with Gasteiger partial charge in [-0.25, -0.2) is 4.79 Å². The molecule has 1 aliphatic rings. The van der Waals surface area contributed by atoms with E-state index in [-0.39, 0.29) is 11.7 Å². The van der Waals surface area contributed by atoms with Crippen molar-refractivity contribution < 1.29 is 14.7 Å². The van der Waals surface area contributed by atoms with Gasteiger partial charge in [-0.15, -0.1) is 11.8 Å². The van der Waals surface area contributed by atoms with E-state index in [9.17, 15) is 14.7 Å². The zero-order valence-corrected chi connectivity index (χ0v) is 12.3. The van der Waals surface area contributed by atoms with Crippen molar-refractivity contribution in [1.82, 2.24) is 4.90 Å². The molecule has 2 rings (SSSR count). The number of amides is 1. The number of rotatable bonds is 4. The lowest BCUT2D eigenvalue weighted by Gasteiger charge is -2.33. The standard InChI is InChI=1S/C15H16N2O3S/c16-8-10-21-13-7-2-1-5-11(13)14(18)17-9-4-3-6-12(17)15(19)20/h1-2,5,7,12H,3-4,6,9-10H2,(H,19,20). The molecule has 1 atom stereocenters. The van der Waals surface area contributed by atoms with Crippen molar-refractivity contribution in [1.29, 1.82) is 5.26 Å². The molecule has 21 heavy (non-hydrogen) atoms. The molecular formula is C15H16N2O3S. The van der Waals surface area contributed by atoms with Crippen LogP contribution in [0.2, 0.25) is 0 Å². The summed E-state index contributed by atoms with van der Waals surface area (Å²) in [7, 11) is 0. The summed E-state index contributed by atoms with van der Waals surface area (Å²) in [5.41, 5.74) is 0.478. The molecule has 0 spiro atoms. The first kappa shape index (κ1) is 15.4. The minimum Gasteiger partial charge on any atom is -0.480 e. The van der Waals surface area contributed by atoms with Gasteiger partial charge in [-0.3, -0.25) is 4.79 Å². The number of hydrogen-bond donors (Lipinski definition) is 1. The zero-order chi connectivity index (χ0) is 15.2. The largest absolute Gasteiger partial charge is 0.480 e. The lowest BCUT2D eigenvalue weighted by molar-refractivity contribution is -0.143. The Morgan fingerprint density at radius 1 is 1.38 bits per heavy atom. The zero-order valence-electron chi connectivity index (χ0n) is 11.5. The van der Waals surface area contributed by atoms with E-state index in [0.717, 1.165) is 17.7 Å². The van der Waals surface area contributed by atoms with Gasteiger partial charge in [-0.05, 0) is 31.4 Å². The van der Waals surface area contributed by atoms with E-state index < -0.39 is 12.0 Å². The number of carboxylic acids is 1. The fraction of sp³-hybridized carbons (Fsp3) is 0.400. The molecule has 1 aromatic rings. The maximum atomic E-state index is 12.7. The van der Waals surface area contributed by atoms with E-state index in [0.29, 0.717) is 18.5 Å². The second kappa shape index (κ2) is 7.14. The van der Waals surface area contributed by atoms with Crippen molar-refractivity contribution >= 4 is 23.6 Å². The molecule has 110 valence electrons. The van der Waals surface area contributed by atoms with Crippen LogP contribution in [0.4, 0.5) is 0 Å². The van der Waals surface area contributed by atoms with Crippen molar-refractivity contribution in [2.45, 2.75) is 30.2 Å². The number of likely N-dealkylation sites (tertiary alicyclic amines) is 1. The second-order valence-corrected chi connectivity index (χ2v) is 5.81. The van der Waals surface area contributed by atoms with Crippen LogP contribution in [0.25, 0.3) is 0 Å². The third-order valence-electron chi connectivity index (χ3n) is 3.46. The molecule has 1 fully saturated rings. The number of piperidine rings is 1. The number of carbonyl (C=O) groups is 2. The van der Waals surface area contributed by atoms with Crippen LogP contribution in [-0.2, 0) is 4.79 Å². The van der Waals surface area contributed by atoms with E-state index in [1.165, 1.54) is 16.7 Å². The molecule has 1 N–H and O–H groups in total. The predicted molar refractivity (Wildman–Crippen MR) is 79.1 cm³/mol. The normalized spacial score (nSPS) is 18.0. The minimum absolute atomic E-state index is 0.257. The molecule has 0 aliphatic carbocycles. The van der Waals surface area contributed by atoms with Crippen LogP contribution in [0, 0.1) is 11.3 Å². The predicted octanol–water partition coefficient (Wildman–Crippen LogP) is 2.38. The van der Waals surface area contributed by atoms with Crippen molar-refractivity contribution in [3.63, 3.8) is 0 Å². The first-order valence-corrected chi connectivity index (χ1v) is 7.76. The smallest absolute Gasteiger partial charge is 0.326 e. The van der Waals surface area contributed by atoms with Crippen LogP contribution in [0.15, 0.2) is 29.2 Å². The molecule has 6 heteroatoms. The summed E-state index contributed by atoms with van der Waals surface area (Å²) < 4.78 is 0. The Morgan fingerprint density at radius 2 is 2.14 bits per heavy atom. The highest BCUT2D eigenvalue weighted by atomic mass is 32.2. The maximum Gasteiger partial charge on any atom is 0.326 e. The van der Waals surface area contributed by atoms with Crippen molar-refractivity contribution in [2.24, 2.45) is 0 Å². The summed E-state index contributed by atoms with van der Waals surface area (Å²) in [4.78, 5) is 26.1. The number of thioether (sulfide) groups is 1. The summed E-state index contributed by atoms with van der Waals surface area (Å²) in [6.45, 7) is 0.465. The van der Waals surface area contributed by atoms with E-state index >= 15 is 0 Å². The van der Waals surface area contributed by atoms with Crippen molar-refractivity contribution in [3.8, 4) is 6.07 Å². The van der Waals surface area contributed by atoms with E-state index in [4.69, 9.17) is 5.26 Å². The number of benzene rings is 1. The van der Waals surface area contributed by atoms with Gasteiger partial charge in [-0.1, -0.05) is 12.1 Å². The van der Waals surface area contributed by atoms with Crippen molar-refractivity contribution in [3.05, 3.63) is 29.8 Å². The minimum atomic E-state index is -0.954. The first-order chi connectivity index (χ1) is 10.1. The Balaban J connectivity index is 2.26. The lowest BCUT2D eigenvalue weighted by atomic mass is 10.0. The molecule has 1 unspecified atom stereocenters. The average molecular weight is 304 g/mol. The lowest BCUT2D eigenvalue weighted by Crippen LogP contribution is -2.48. The van der Waals surface area contributed by atoms with E-state index in [1.807, 2.05) is 6.07 Å². The number of aliphatic carboxylic acids is 1. The summed E-state index contributed by atoms with van der Waals surface area (Å²) in [6.07, 6.45) is 2.14. The highest BCUT2D eigenvalue weighted by Gasteiger charge is 2.33. The van der Waals surface area contributed by atoms with Crippen LogP contribution >= 0.6 is 11.8 Å². The van der Waals surface area contributed by atoms with Gasteiger partial charge in [-0.2, -0.15) is 5.26 Å². The molecular weight excluding hydrogens is 288 g/mol. The summed E-state index contributed by atoms with van der Waals surface area (Å²) >= 11 is 1.29. The molecule has 0 aromatic heterocycles. The Morgan fingerprint density at radius 3 is 2.86 bits per heavy atom. The van der Waals surface area contributed by atoms with Gasteiger partial charge >= 0.3 is 5.97 Å². The fourth-order valence-electron chi connectivity index (χ4n) is 2.47. The Labute approximate surface area is 127 Å². The SMILES string of the molecule is N#CCSc1ccccc1C(=O)N1CCCCC1C(=O)O. The van der Waals surface area contributed by atoms with Crippen LogP contribution < -0.4 is 0 Å². The Kier molecular flexibility index (Phi) is 5.23. The van der Waals surface area contributed by atoms with Gasteiger partial charge in [0.2, 0.25) is 0 Å². The van der Waals surface area contributed by atoms with E-state index in [2.05, 4.69) is 0 Å². The van der Waals surface area contributed by atoms with Crippen LogP contribution in [0.5, 0.6) is 0 Å². The van der Waals surface area contributed by atoms with Gasteiger partial charge in [0.1, 0.15) is 6.04 Å². The molecule has 1 aromatic carbocycles. The monoisotopic (exact) mass is 304 g/mol. The maximum absolute atomic E-state index is 12.7. The van der Waals surface area contributed by atoms with Gasteiger partial charge in [0.05, 0.1) is 17.4 Å². The van der Waals surface area contributed by atoms with Gasteiger partial charge in [0.15, 0.2) is 0 Å². The molecule has 5 nitrogen and oxygen atoms in total. The highest BCUT2D eigenvalue weighted by Crippen LogP contribution is 2.26. The van der Waals surface area contributed by atoms with E-state index in [1.54, 1.807) is 24.3 Å². The Hall–Kier alpha value is -2.00. The fourth-order valence-corrected chi connectivity index (χ4v) is 3.17. The first-order valence-electron chi connectivity index (χ1n) is 6.77. The molecule has 1 amide bonds. The third kappa shape index (κ3) is 3.56. The van der Waals surface area contributed by atoms with Gasteiger partial charge < -0.3 is 10.0 Å². The van der Waals surface area contributed by atoms with Crippen LogP contribution in [0.1, 0.15) is 29.6 Å². The van der Waals surface area contributed by atoms with Crippen LogP contribution in [0.3, 0.4) is 0 Å². The highest BCUT2D eigenvalue weighted by molar-refractivity contribution is 7.99. The Bertz CT molecular complexity index is 583. The summed E-state index contributed by atoms with van der Waals surface area (Å²) in [5, 5.41) is 17.9. The molecule has 1 heterocycles. The number of nitriles is 1. The van der Waals surface area contributed by atoms with Crippen molar-refractivity contribution in [2.75, 3.05) is 12.3 Å². The number of hydrogen-bond acceptors (Lipinski definition) is 4. The summed E-state index contributed by atoms with van der Waals surface area (Å²) in [6, 6.07) is 8.32. The van der Waals surface area contributed by atoms with Gasteiger partial charge in [0.25, 0.3) is 5.91 Å². The topological polar surface area (TPSA) is 81.4 Å². The number of carboxylic acid groups (broad SMARTS) is 1. The second-order valence-electron chi connectivity index (χ2n) is 4.79. The van der Waals surface area contributed by atoms with Crippen LogP contribution in [-0.4, -0.2) is 40.2 Å². The molecule has 0 bridgehead atoms. The quantitative estimate of drug-likeness (QED) is 0.864. The van der Waals surface area contributed by atoms with Gasteiger partial charge in [0, 0.05) is 11.4 Å². The third-order valence-corrected chi connectivity index (χ3v) is 4.40. The molecule has 0 saturated carbocycles. The molecule has 1 aliphatic heterocycles.